The van der Waals surface area contributed by atoms with E-state index in [4.69, 9.17) is 0 Å². The van der Waals surface area contributed by atoms with Gasteiger partial charge in [-0.15, -0.1) is 16.4 Å². The minimum atomic E-state index is -1.19. The largest absolute Gasteiger partial charge is 0.350 e. The first-order valence-corrected chi connectivity index (χ1v) is 12.6. The van der Waals surface area contributed by atoms with Crippen LogP contribution in [-0.4, -0.2) is 31.7 Å². The zero-order valence-corrected chi connectivity index (χ0v) is 20.6. The Bertz CT molecular complexity index is 1500. The summed E-state index contributed by atoms with van der Waals surface area (Å²) in [4.78, 5) is 29.8. The Kier molecular flexibility index (Phi) is 7.32. The van der Waals surface area contributed by atoms with Gasteiger partial charge in [-0.3, -0.25) is 9.59 Å². The molecule has 2 amide bonds. The van der Waals surface area contributed by atoms with Crippen molar-refractivity contribution >= 4 is 34.2 Å². The first kappa shape index (κ1) is 24.3. The lowest BCUT2D eigenvalue weighted by Gasteiger charge is -2.31. The molecule has 1 atom stereocenters. The van der Waals surface area contributed by atoms with Gasteiger partial charge in [0.05, 0.1) is 12.1 Å². The molecule has 0 aliphatic carbocycles. The van der Waals surface area contributed by atoms with Crippen molar-refractivity contribution in [2.45, 2.75) is 25.7 Å². The number of thiophene rings is 1. The molecule has 2 aromatic heterocycles. The van der Waals surface area contributed by atoms with Crippen LogP contribution >= 0.6 is 11.3 Å². The normalized spacial score (nSPS) is 11.8. The summed E-state index contributed by atoms with van der Waals surface area (Å²) in [6, 6.07) is 25.4. The molecule has 0 saturated heterocycles. The Morgan fingerprint density at radius 3 is 2.49 bits per heavy atom. The lowest BCUT2D eigenvalue weighted by Crippen LogP contribution is -2.44. The highest BCUT2D eigenvalue weighted by Crippen LogP contribution is 2.28. The maximum atomic E-state index is 15.1. The molecule has 186 valence electrons. The first-order chi connectivity index (χ1) is 18.1. The van der Waals surface area contributed by atoms with Gasteiger partial charge in [0.15, 0.2) is 0 Å². The predicted octanol–water partition coefficient (Wildman–Crippen LogP) is 4.72. The van der Waals surface area contributed by atoms with Crippen molar-refractivity contribution in [1.29, 1.82) is 0 Å². The van der Waals surface area contributed by atoms with E-state index in [-0.39, 0.29) is 31.1 Å². The molecule has 0 spiro atoms. The van der Waals surface area contributed by atoms with E-state index in [1.807, 2.05) is 72.1 Å². The average molecular weight is 514 g/mol. The van der Waals surface area contributed by atoms with E-state index >= 15 is 4.39 Å². The van der Waals surface area contributed by atoms with Crippen molar-refractivity contribution in [3.05, 3.63) is 118 Å². The smallest absolute Gasteiger partial charge is 0.247 e. The predicted molar refractivity (Wildman–Crippen MR) is 140 cm³/mol. The minimum Gasteiger partial charge on any atom is -0.350 e. The number of aromatic nitrogens is 3. The highest BCUT2D eigenvalue weighted by atomic mass is 32.1. The molecule has 0 radical (unpaired) electrons. The third kappa shape index (κ3) is 5.57. The fraction of sp³-hybridized carbons (Fsp3) is 0.143. The van der Waals surface area contributed by atoms with Crippen molar-refractivity contribution in [2.24, 2.45) is 0 Å². The maximum absolute atomic E-state index is 15.1. The van der Waals surface area contributed by atoms with Crippen LogP contribution in [0.2, 0.25) is 0 Å². The van der Waals surface area contributed by atoms with Gasteiger partial charge in [0.25, 0.3) is 0 Å². The van der Waals surface area contributed by atoms with E-state index in [9.17, 15) is 9.59 Å². The number of fused-ring (bicyclic) bond motifs is 1. The molecule has 1 N–H and O–H groups in total. The van der Waals surface area contributed by atoms with Crippen molar-refractivity contribution in [1.82, 2.24) is 25.2 Å². The first-order valence-electron chi connectivity index (χ1n) is 11.8. The molecule has 0 fully saturated rings. The lowest BCUT2D eigenvalue weighted by molar-refractivity contribution is -0.142. The summed E-state index contributed by atoms with van der Waals surface area (Å²) < 4.78 is 16.6. The highest BCUT2D eigenvalue weighted by molar-refractivity contribution is 7.09. The average Bonchev–Trinajstić information content (AvgIpc) is 3.59. The van der Waals surface area contributed by atoms with Gasteiger partial charge in [0.2, 0.25) is 11.8 Å². The number of hydrogen-bond acceptors (Lipinski definition) is 5. The summed E-state index contributed by atoms with van der Waals surface area (Å²) in [7, 11) is 0. The Morgan fingerprint density at radius 2 is 1.70 bits per heavy atom. The third-order valence-electron chi connectivity index (χ3n) is 6.00. The Morgan fingerprint density at radius 1 is 0.946 bits per heavy atom. The van der Waals surface area contributed by atoms with Crippen LogP contribution in [-0.2, 0) is 29.2 Å². The second-order valence-electron chi connectivity index (χ2n) is 8.46. The van der Waals surface area contributed by atoms with Crippen molar-refractivity contribution in [3.63, 3.8) is 0 Å². The van der Waals surface area contributed by atoms with Crippen LogP contribution in [0.25, 0.3) is 11.0 Å². The Balaban J connectivity index is 1.50. The van der Waals surface area contributed by atoms with Crippen molar-refractivity contribution in [3.8, 4) is 0 Å². The monoisotopic (exact) mass is 513 g/mol. The van der Waals surface area contributed by atoms with Crippen LogP contribution in [0.5, 0.6) is 0 Å². The summed E-state index contributed by atoms with van der Waals surface area (Å²) in [5.74, 6) is -1.41. The van der Waals surface area contributed by atoms with Gasteiger partial charge >= 0.3 is 0 Å². The van der Waals surface area contributed by atoms with Crippen LogP contribution in [0, 0.1) is 5.82 Å². The number of rotatable bonds is 9. The fourth-order valence-electron chi connectivity index (χ4n) is 4.18. The summed E-state index contributed by atoms with van der Waals surface area (Å²) in [6.07, 6.45) is 0. The van der Waals surface area contributed by atoms with E-state index in [0.717, 1.165) is 10.4 Å². The maximum Gasteiger partial charge on any atom is 0.247 e. The summed E-state index contributed by atoms with van der Waals surface area (Å²) in [5.41, 5.74) is 2.38. The van der Waals surface area contributed by atoms with Gasteiger partial charge in [-0.25, -0.2) is 9.07 Å². The molecule has 7 nitrogen and oxygen atoms in total. The number of benzene rings is 3. The molecule has 0 saturated carbocycles. The van der Waals surface area contributed by atoms with Crippen molar-refractivity contribution in [2.75, 3.05) is 0 Å². The summed E-state index contributed by atoms with van der Waals surface area (Å²) >= 11 is 1.46. The number of carbonyl (C=O) groups is 2. The Hall–Kier alpha value is -4.37. The van der Waals surface area contributed by atoms with Crippen LogP contribution in [0.1, 0.15) is 22.0 Å². The van der Waals surface area contributed by atoms with Crippen LogP contribution in [0.15, 0.2) is 96.4 Å². The number of carbonyl (C=O) groups excluding carboxylic acids is 2. The third-order valence-corrected chi connectivity index (χ3v) is 6.86. The molecule has 5 rings (SSSR count). The molecule has 1 unspecified atom stereocenters. The molecule has 0 bridgehead atoms. The van der Waals surface area contributed by atoms with E-state index in [1.165, 1.54) is 27.0 Å². The van der Waals surface area contributed by atoms with Gasteiger partial charge in [0, 0.05) is 17.0 Å². The lowest BCUT2D eigenvalue weighted by atomic mass is 10.0. The second kappa shape index (κ2) is 11.1. The van der Waals surface area contributed by atoms with E-state index < -0.39 is 17.8 Å². The van der Waals surface area contributed by atoms with Crippen LogP contribution in [0.4, 0.5) is 4.39 Å². The highest BCUT2D eigenvalue weighted by Gasteiger charge is 2.34. The number of nitrogens with zero attached hydrogens (tertiary/aromatic N) is 4. The van der Waals surface area contributed by atoms with Gasteiger partial charge in [-0.2, -0.15) is 0 Å². The summed E-state index contributed by atoms with van der Waals surface area (Å²) in [6.45, 7) is 0.239. The number of halogens is 1. The number of amides is 2. The van der Waals surface area contributed by atoms with Gasteiger partial charge in [0.1, 0.15) is 23.9 Å². The van der Waals surface area contributed by atoms with Gasteiger partial charge in [-0.05, 0) is 35.2 Å². The van der Waals surface area contributed by atoms with Gasteiger partial charge in [-0.1, -0.05) is 71.9 Å². The molecule has 2 heterocycles. The van der Waals surface area contributed by atoms with E-state index in [1.54, 1.807) is 18.2 Å². The molecular weight excluding hydrogens is 489 g/mol. The van der Waals surface area contributed by atoms with Crippen LogP contribution in [0.3, 0.4) is 0 Å². The van der Waals surface area contributed by atoms with E-state index in [0.29, 0.717) is 11.0 Å². The molecule has 0 aliphatic heterocycles. The molecular formula is C28H24FN5O2S. The number of nitrogens with one attached hydrogen (secondary N) is 1. The van der Waals surface area contributed by atoms with E-state index in [2.05, 4.69) is 15.6 Å². The Labute approximate surface area is 217 Å². The quantitative estimate of drug-likeness (QED) is 0.309. The second-order valence-corrected chi connectivity index (χ2v) is 9.50. The number of para-hydroxylation sites is 1. The standard InChI is InChI=1S/C28H24FN5O2S/c29-23-13-5-4-12-22(23)27(28(36)30-17-20-9-2-1-3-10-20)33(18-21-11-8-16-37-21)26(35)19-34-25-15-7-6-14-24(25)31-32-34/h1-16,27H,17-19H2,(H,30,36). The molecule has 3 aromatic carbocycles. The zero-order valence-electron chi connectivity index (χ0n) is 19.8. The molecule has 5 aromatic rings. The molecule has 9 heteroatoms. The zero-order chi connectivity index (χ0) is 25.6. The van der Waals surface area contributed by atoms with Gasteiger partial charge < -0.3 is 10.2 Å². The molecule has 0 aliphatic rings. The minimum absolute atomic E-state index is 0.126. The fourth-order valence-corrected chi connectivity index (χ4v) is 4.88. The number of hydrogen-bond donors (Lipinski definition) is 1. The SMILES string of the molecule is O=C(NCc1ccccc1)C(c1ccccc1F)N(Cc1cccs1)C(=O)Cn1nnc2ccccc21. The molecule has 37 heavy (non-hydrogen) atoms. The topological polar surface area (TPSA) is 80.1 Å². The van der Waals surface area contributed by atoms with Crippen molar-refractivity contribution < 1.29 is 14.0 Å². The summed E-state index contributed by atoms with van der Waals surface area (Å²) in [5, 5.41) is 13.1. The van der Waals surface area contributed by atoms with Crippen LogP contribution < -0.4 is 5.32 Å².